The number of hydrogen-bond acceptors (Lipinski definition) is 4. The summed E-state index contributed by atoms with van der Waals surface area (Å²) in [4.78, 5) is 9.03. The van der Waals surface area contributed by atoms with Gasteiger partial charge in [-0.25, -0.2) is 4.68 Å². The summed E-state index contributed by atoms with van der Waals surface area (Å²) in [5, 5.41) is 4.88. The topological polar surface area (TPSA) is 37.2 Å². The van der Waals surface area contributed by atoms with Crippen molar-refractivity contribution >= 4 is 0 Å². The lowest BCUT2D eigenvalue weighted by atomic mass is 10.1. The summed E-state index contributed by atoms with van der Waals surface area (Å²) in [5.41, 5.74) is 4.51. The Balaban J connectivity index is 1.67. The first-order chi connectivity index (χ1) is 12.3. The van der Waals surface area contributed by atoms with E-state index in [0.717, 1.165) is 49.7 Å². The van der Waals surface area contributed by atoms with Crippen LogP contribution in [0.3, 0.4) is 0 Å². The number of rotatable bonds is 4. The predicted molar refractivity (Wildman–Crippen MR) is 99.6 cm³/mol. The molecule has 0 N–H and O–H groups in total. The zero-order valence-corrected chi connectivity index (χ0v) is 14.5. The van der Waals surface area contributed by atoms with Crippen LogP contribution < -0.4 is 0 Å². The van der Waals surface area contributed by atoms with E-state index in [9.17, 15) is 0 Å². The fourth-order valence-corrected chi connectivity index (χ4v) is 3.24. The van der Waals surface area contributed by atoms with Crippen molar-refractivity contribution in [3.63, 3.8) is 0 Å². The molecule has 128 valence electrons. The van der Waals surface area contributed by atoms with E-state index in [4.69, 9.17) is 5.10 Å². The van der Waals surface area contributed by atoms with Gasteiger partial charge in [0.25, 0.3) is 0 Å². The standard InChI is InChI=1S/C20H23N5/c1-23-11-13-24(14-12-23)15-18-16-25(19-5-3-2-4-6-19)22-20(18)17-7-9-21-10-8-17/h2-10,16H,11-15H2,1H3. The van der Waals surface area contributed by atoms with Crippen LogP contribution in [0.25, 0.3) is 16.9 Å². The van der Waals surface area contributed by atoms with E-state index >= 15 is 0 Å². The first-order valence-corrected chi connectivity index (χ1v) is 8.75. The molecule has 5 nitrogen and oxygen atoms in total. The molecule has 1 fully saturated rings. The molecule has 1 aliphatic heterocycles. The Hall–Kier alpha value is -2.50. The minimum Gasteiger partial charge on any atom is -0.304 e. The highest BCUT2D eigenvalue weighted by Crippen LogP contribution is 2.24. The second-order valence-electron chi connectivity index (χ2n) is 6.60. The number of piperazine rings is 1. The summed E-state index contributed by atoms with van der Waals surface area (Å²) in [7, 11) is 2.19. The van der Waals surface area contributed by atoms with Crippen LogP contribution in [-0.2, 0) is 6.54 Å². The highest BCUT2D eigenvalue weighted by Gasteiger charge is 2.18. The maximum atomic E-state index is 4.88. The van der Waals surface area contributed by atoms with Crippen LogP contribution in [-0.4, -0.2) is 57.8 Å². The van der Waals surface area contributed by atoms with Crippen molar-refractivity contribution in [2.45, 2.75) is 6.54 Å². The Morgan fingerprint density at radius 1 is 0.920 bits per heavy atom. The predicted octanol–water partition coefficient (Wildman–Crippen LogP) is 2.68. The highest BCUT2D eigenvalue weighted by atomic mass is 15.3. The largest absolute Gasteiger partial charge is 0.304 e. The lowest BCUT2D eigenvalue weighted by Gasteiger charge is -2.32. The van der Waals surface area contributed by atoms with Gasteiger partial charge in [0.2, 0.25) is 0 Å². The van der Waals surface area contributed by atoms with Gasteiger partial charge in [0, 0.05) is 62.4 Å². The number of para-hydroxylation sites is 1. The van der Waals surface area contributed by atoms with Crippen LogP contribution in [0.2, 0.25) is 0 Å². The quantitative estimate of drug-likeness (QED) is 0.736. The molecule has 5 heteroatoms. The minimum absolute atomic E-state index is 0.929. The van der Waals surface area contributed by atoms with E-state index < -0.39 is 0 Å². The molecule has 0 unspecified atom stereocenters. The molecule has 4 rings (SSSR count). The zero-order chi connectivity index (χ0) is 17.1. The average molecular weight is 333 g/mol. The van der Waals surface area contributed by atoms with E-state index in [-0.39, 0.29) is 0 Å². The Morgan fingerprint density at radius 3 is 2.36 bits per heavy atom. The number of hydrogen-bond donors (Lipinski definition) is 0. The lowest BCUT2D eigenvalue weighted by molar-refractivity contribution is 0.148. The molecule has 0 amide bonds. The summed E-state index contributed by atoms with van der Waals surface area (Å²) >= 11 is 0. The summed E-state index contributed by atoms with van der Waals surface area (Å²) < 4.78 is 1.99. The van der Waals surface area contributed by atoms with Crippen LogP contribution in [0.5, 0.6) is 0 Å². The molecular formula is C20H23N5. The second kappa shape index (κ2) is 7.17. The SMILES string of the molecule is CN1CCN(Cc2cn(-c3ccccc3)nc2-c2ccncc2)CC1. The Morgan fingerprint density at radius 2 is 1.64 bits per heavy atom. The average Bonchev–Trinajstić information content (AvgIpc) is 3.09. The van der Waals surface area contributed by atoms with Crippen molar-refractivity contribution in [3.8, 4) is 16.9 Å². The monoisotopic (exact) mass is 333 g/mol. The molecule has 1 aliphatic rings. The minimum atomic E-state index is 0.929. The Bertz CT molecular complexity index is 805. The van der Waals surface area contributed by atoms with Gasteiger partial charge in [-0.1, -0.05) is 18.2 Å². The molecule has 1 saturated heterocycles. The summed E-state index contributed by atoms with van der Waals surface area (Å²) in [5.74, 6) is 0. The van der Waals surface area contributed by atoms with Gasteiger partial charge in [-0.3, -0.25) is 9.88 Å². The summed E-state index contributed by atoms with van der Waals surface area (Å²) in [6.07, 6.45) is 5.83. The molecule has 2 aromatic heterocycles. The molecule has 3 heterocycles. The van der Waals surface area contributed by atoms with Crippen molar-refractivity contribution < 1.29 is 0 Å². The Kier molecular flexibility index (Phi) is 4.59. The summed E-state index contributed by atoms with van der Waals surface area (Å²) in [6, 6.07) is 14.4. The molecule has 1 aromatic carbocycles. The van der Waals surface area contributed by atoms with Gasteiger partial charge < -0.3 is 4.90 Å². The van der Waals surface area contributed by atoms with Gasteiger partial charge >= 0.3 is 0 Å². The number of likely N-dealkylation sites (N-methyl/N-ethyl adjacent to an activating group) is 1. The first kappa shape index (κ1) is 16.0. The van der Waals surface area contributed by atoms with Crippen LogP contribution in [0, 0.1) is 0 Å². The third-order valence-electron chi connectivity index (χ3n) is 4.75. The second-order valence-corrected chi connectivity index (χ2v) is 6.60. The van der Waals surface area contributed by atoms with E-state index in [2.05, 4.69) is 40.2 Å². The highest BCUT2D eigenvalue weighted by molar-refractivity contribution is 5.62. The summed E-state index contributed by atoms with van der Waals surface area (Å²) in [6.45, 7) is 5.37. The van der Waals surface area contributed by atoms with Crippen LogP contribution in [0.15, 0.2) is 61.1 Å². The molecule has 25 heavy (non-hydrogen) atoms. The lowest BCUT2D eigenvalue weighted by Crippen LogP contribution is -2.43. The molecule has 3 aromatic rings. The van der Waals surface area contributed by atoms with Gasteiger partial charge in [0.15, 0.2) is 0 Å². The fraction of sp³-hybridized carbons (Fsp3) is 0.300. The van der Waals surface area contributed by atoms with Crippen LogP contribution in [0.4, 0.5) is 0 Å². The van der Waals surface area contributed by atoms with Gasteiger partial charge in [-0.05, 0) is 31.3 Å². The maximum absolute atomic E-state index is 4.88. The van der Waals surface area contributed by atoms with Crippen LogP contribution in [0.1, 0.15) is 5.56 Å². The van der Waals surface area contributed by atoms with Crippen LogP contribution >= 0.6 is 0 Å². The molecule has 0 aliphatic carbocycles. The van der Waals surface area contributed by atoms with Crippen molar-refractivity contribution in [2.75, 3.05) is 33.2 Å². The van der Waals surface area contributed by atoms with E-state index in [1.807, 2.05) is 47.4 Å². The molecule has 0 saturated carbocycles. The molecule has 0 spiro atoms. The number of benzene rings is 1. The van der Waals surface area contributed by atoms with Crippen molar-refractivity contribution in [3.05, 3.63) is 66.6 Å². The molecule has 0 atom stereocenters. The Labute approximate surface area is 148 Å². The zero-order valence-electron chi connectivity index (χ0n) is 14.5. The van der Waals surface area contributed by atoms with Crippen molar-refractivity contribution in [2.24, 2.45) is 0 Å². The smallest absolute Gasteiger partial charge is 0.0973 e. The molecular weight excluding hydrogens is 310 g/mol. The molecule has 0 radical (unpaired) electrons. The van der Waals surface area contributed by atoms with E-state index in [1.165, 1.54) is 5.56 Å². The third kappa shape index (κ3) is 3.62. The van der Waals surface area contributed by atoms with Crippen molar-refractivity contribution in [1.82, 2.24) is 24.6 Å². The fourth-order valence-electron chi connectivity index (χ4n) is 3.24. The number of aromatic nitrogens is 3. The van der Waals surface area contributed by atoms with Gasteiger partial charge in [-0.2, -0.15) is 5.10 Å². The molecule has 0 bridgehead atoms. The van der Waals surface area contributed by atoms with E-state index in [0.29, 0.717) is 0 Å². The maximum Gasteiger partial charge on any atom is 0.0973 e. The first-order valence-electron chi connectivity index (χ1n) is 8.75. The van der Waals surface area contributed by atoms with Gasteiger partial charge in [-0.15, -0.1) is 0 Å². The normalized spacial score (nSPS) is 16.2. The number of nitrogens with zero attached hydrogens (tertiary/aromatic N) is 5. The van der Waals surface area contributed by atoms with Gasteiger partial charge in [0.1, 0.15) is 0 Å². The van der Waals surface area contributed by atoms with Crippen molar-refractivity contribution in [1.29, 1.82) is 0 Å². The third-order valence-corrected chi connectivity index (χ3v) is 4.75. The number of pyridine rings is 1. The van der Waals surface area contributed by atoms with E-state index in [1.54, 1.807) is 0 Å². The van der Waals surface area contributed by atoms with Gasteiger partial charge in [0.05, 0.1) is 11.4 Å².